The van der Waals surface area contributed by atoms with Crippen LogP contribution in [0.25, 0.3) is 11.5 Å². The van der Waals surface area contributed by atoms with E-state index < -0.39 is 17.9 Å². The average Bonchev–Trinajstić information content (AvgIpc) is 3.40. The molecule has 1 aliphatic rings. The van der Waals surface area contributed by atoms with Gasteiger partial charge in [0, 0.05) is 17.7 Å². The summed E-state index contributed by atoms with van der Waals surface area (Å²) in [5, 5.41) is 0. The molecular weight excluding hydrogens is 520 g/mol. The van der Waals surface area contributed by atoms with Gasteiger partial charge >= 0.3 is 5.97 Å². The Hall–Kier alpha value is -4.59. The third-order valence-corrected chi connectivity index (χ3v) is 6.88. The first-order valence-corrected chi connectivity index (χ1v) is 13.8. The standard InChI is InChI=1S/C31H30N2O6.C2H6/c1-20-27(32-29(39-20)22-9-5-4-6-10-22)16-17-38-25-11-7-8-21(18-25)19-26-28(31(35)37-3)33(30(26)34)23-12-14-24(36-2)15-13-23;1-2/h4-15,18,26,28H,16-17,19H2,1-3H3;1-2H3/t26-,28-;/m0./s1. The highest BCUT2D eigenvalue weighted by atomic mass is 16.5. The molecule has 0 aliphatic carbocycles. The van der Waals surface area contributed by atoms with Crippen molar-refractivity contribution in [3.63, 3.8) is 0 Å². The third-order valence-electron chi connectivity index (χ3n) is 6.88. The Balaban J connectivity index is 0.00000189. The van der Waals surface area contributed by atoms with Gasteiger partial charge in [-0.15, -0.1) is 0 Å². The van der Waals surface area contributed by atoms with Crippen molar-refractivity contribution >= 4 is 17.6 Å². The van der Waals surface area contributed by atoms with Gasteiger partial charge in [0.05, 0.1) is 32.4 Å². The zero-order chi connectivity index (χ0) is 29.4. The molecule has 3 aromatic carbocycles. The second-order valence-corrected chi connectivity index (χ2v) is 9.32. The number of benzene rings is 3. The Morgan fingerprint density at radius 3 is 2.37 bits per heavy atom. The number of aryl methyl sites for hydroxylation is 1. The van der Waals surface area contributed by atoms with Gasteiger partial charge in [0.25, 0.3) is 0 Å². The van der Waals surface area contributed by atoms with Gasteiger partial charge in [0.15, 0.2) is 0 Å². The summed E-state index contributed by atoms with van der Waals surface area (Å²) in [4.78, 5) is 31.9. The van der Waals surface area contributed by atoms with Crippen LogP contribution in [0.5, 0.6) is 11.5 Å². The van der Waals surface area contributed by atoms with Gasteiger partial charge in [-0.25, -0.2) is 9.78 Å². The van der Waals surface area contributed by atoms with Crippen LogP contribution in [-0.4, -0.2) is 43.7 Å². The van der Waals surface area contributed by atoms with E-state index in [0.29, 0.717) is 42.5 Å². The van der Waals surface area contributed by atoms with Crippen molar-refractivity contribution in [1.29, 1.82) is 0 Å². The van der Waals surface area contributed by atoms with Crippen molar-refractivity contribution in [1.82, 2.24) is 4.98 Å². The van der Waals surface area contributed by atoms with E-state index >= 15 is 0 Å². The van der Waals surface area contributed by atoms with Crippen LogP contribution >= 0.6 is 0 Å². The van der Waals surface area contributed by atoms with Crippen molar-refractivity contribution in [2.45, 2.75) is 39.7 Å². The fraction of sp³-hybridized carbons (Fsp3) is 0.303. The first-order chi connectivity index (χ1) is 20.0. The molecule has 0 N–H and O–H groups in total. The van der Waals surface area contributed by atoms with E-state index in [1.54, 1.807) is 31.4 Å². The molecule has 1 aromatic heterocycles. The van der Waals surface area contributed by atoms with Gasteiger partial charge in [-0.05, 0) is 67.4 Å². The molecule has 0 spiro atoms. The lowest BCUT2D eigenvalue weighted by Crippen LogP contribution is -2.65. The highest BCUT2D eigenvalue weighted by Gasteiger charge is 2.52. The van der Waals surface area contributed by atoms with E-state index in [9.17, 15) is 9.59 Å². The average molecular weight is 557 g/mol. The lowest BCUT2D eigenvalue weighted by Gasteiger charge is -2.45. The Bertz CT molecular complexity index is 1450. The molecule has 1 aliphatic heterocycles. The molecule has 8 heteroatoms. The fourth-order valence-electron chi connectivity index (χ4n) is 4.81. The lowest BCUT2D eigenvalue weighted by atomic mass is 9.81. The second kappa shape index (κ2) is 13.7. The predicted octanol–water partition coefficient (Wildman–Crippen LogP) is 6.05. The molecule has 1 saturated heterocycles. The largest absolute Gasteiger partial charge is 0.497 e. The number of ether oxygens (including phenoxy) is 3. The summed E-state index contributed by atoms with van der Waals surface area (Å²) in [5.74, 6) is 1.63. The lowest BCUT2D eigenvalue weighted by molar-refractivity contribution is -0.152. The number of hydrogen-bond donors (Lipinski definition) is 0. The van der Waals surface area contributed by atoms with Crippen LogP contribution in [0.15, 0.2) is 83.3 Å². The predicted molar refractivity (Wildman–Crippen MR) is 157 cm³/mol. The number of aromatic nitrogens is 1. The summed E-state index contributed by atoms with van der Waals surface area (Å²) in [6, 6.07) is 23.7. The Kier molecular flexibility index (Phi) is 9.79. The summed E-state index contributed by atoms with van der Waals surface area (Å²) < 4.78 is 22.1. The second-order valence-electron chi connectivity index (χ2n) is 9.32. The molecule has 2 atom stereocenters. The van der Waals surface area contributed by atoms with Gasteiger partial charge in [-0.1, -0.05) is 44.2 Å². The maximum atomic E-state index is 13.1. The van der Waals surface area contributed by atoms with Gasteiger partial charge in [0.1, 0.15) is 23.3 Å². The molecule has 1 fully saturated rings. The Morgan fingerprint density at radius 1 is 0.951 bits per heavy atom. The number of carbonyl (C=O) groups is 2. The summed E-state index contributed by atoms with van der Waals surface area (Å²) in [7, 11) is 2.91. The molecule has 2 heterocycles. The number of anilines is 1. The maximum absolute atomic E-state index is 13.1. The number of amides is 1. The molecule has 0 saturated carbocycles. The highest BCUT2D eigenvalue weighted by molar-refractivity contribution is 6.10. The molecule has 0 bridgehead atoms. The van der Waals surface area contributed by atoms with E-state index in [0.717, 1.165) is 22.6 Å². The van der Waals surface area contributed by atoms with E-state index in [1.807, 2.05) is 75.4 Å². The minimum Gasteiger partial charge on any atom is -0.497 e. The number of nitrogens with zero attached hydrogens (tertiary/aromatic N) is 2. The molecular formula is C33H36N2O6. The van der Waals surface area contributed by atoms with E-state index in [-0.39, 0.29) is 5.91 Å². The normalized spacial score (nSPS) is 15.8. The van der Waals surface area contributed by atoms with Gasteiger partial charge in [-0.2, -0.15) is 0 Å². The summed E-state index contributed by atoms with van der Waals surface area (Å²) in [6.45, 7) is 6.32. The molecule has 0 radical (unpaired) electrons. The van der Waals surface area contributed by atoms with Crippen molar-refractivity contribution < 1.29 is 28.2 Å². The first-order valence-electron chi connectivity index (χ1n) is 13.8. The number of esters is 1. The summed E-state index contributed by atoms with van der Waals surface area (Å²) in [5.41, 5.74) is 3.31. The quantitative estimate of drug-likeness (QED) is 0.173. The minimum absolute atomic E-state index is 0.127. The number of rotatable bonds is 10. The van der Waals surface area contributed by atoms with Crippen LogP contribution in [-0.2, 0) is 27.2 Å². The van der Waals surface area contributed by atoms with Crippen LogP contribution in [0.1, 0.15) is 30.9 Å². The maximum Gasteiger partial charge on any atom is 0.329 e. The SMILES string of the molecule is CC.COC(=O)[C@@H]1[C@H](Cc2cccc(OCCc3nc(-c4ccccc4)oc3C)c2)C(=O)N1c1ccc(OC)cc1. The van der Waals surface area contributed by atoms with Crippen molar-refractivity contribution in [2.75, 3.05) is 25.7 Å². The fourth-order valence-corrected chi connectivity index (χ4v) is 4.81. The smallest absolute Gasteiger partial charge is 0.329 e. The van der Waals surface area contributed by atoms with Gasteiger partial charge in [0.2, 0.25) is 11.8 Å². The number of hydrogen-bond acceptors (Lipinski definition) is 7. The van der Waals surface area contributed by atoms with Crippen LogP contribution in [0, 0.1) is 12.8 Å². The van der Waals surface area contributed by atoms with Gasteiger partial charge < -0.3 is 18.6 Å². The Labute approximate surface area is 240 Å². The summed E-state index contributed by atoms with van der Waals surface area (Å²) in [6.07, 6.45) is 0.986. The molecule has 4 aromatic rings. The molecule has 1 amide bonds. The zero-order valence-corrected chi connectivity index (χ0v) is 24.1. The monoisotopic (exact) mass is 556 g/mol. The van der Waals surface area contributed by atoms with Gasteiger partial charge in [-0.3, -0.25) is 9.69 Å². The molecule has 41 heavy (non-hydrogen) atoms. The van der Waals surface area contributed by atoms with Crippen molar-refractivity contribution in [3.8, 4) is 23.0 Å². The van der Waals surface area contributed by atoms with Crippen LogP contribution in [0.4, 0.5) is 5.69 Å². The number of β-lactam (4-membered cyclic amide) rings is 1. The third kappa shape index (κ3) is 6.60. The molecule has 8 nitrogen and oxygen atoms in total. The number of carbonyl (C=O) groups excluding carboxylic acids is 2. The van der Waals surface area contributed by atoms with Crippen molar-refractivity contribution in [3.05, 3.63) is 95.9 Å². The number of oxazole rings is 1. The summed E-state index contributed by atoms with van der Waals surface area (Å²) >= 11 is 0. The molecule has 214 valence electrons. The van der Waals surface area contributed by atoms with Crippen molar-refractivity contribution in [2.24, 2.45) is 5.92 Å². The molecule has 5 rings (SSSR count). The van der Waals surface area contributed by atoms with Crippen LogP contribution in [0.3, 0.4) is 0 Å². The molecule has 0 unspecified atom stereocenters. The highest BCUT2D eigenvalue weighted by Crippen LogP contribution is 2.36. The first kappa shape index (κ1) is 29.4. The Morgan fingerprint density at radius 2 is 1.68 bits per heavy atom. The van der Waals surface area contributed by atoms with E-state index in [1.165, 1.54) is 12.0 Å². The number of methoxy groups -OCH3 is 2. The van der Waals surface area contributed by atoms with E-state index in [2.05, 4.69) is 4.98 Å². The topological polar surface area (TPSA) is 91.1 Å². The van der Waals surface area contributed by atoms with Crippen LogP contribution in [0.2, 0.25) is 0 Å². The van der Waals surface area contributed by atoms with Crippen LogP contribution < -0.4 is 14.4 Å². The van der Waals surface area contributed by atoms with E-state index in [4.69, 9.17) is 18.6 Å². The minimum atomic E-state index is -0.700. The zero-order valence-electron chi connectivity index (χ0n) is 24.1.